The summed E-state index contributed by atoms with van der Waals surface area (Å²) in [4.78, 5) is 18.6. The standard InChI is InChI=1S/C27H35N9/c1-18-4-6-20(7-5-18)36-23-17-28-13-10-21(23)22-16-29-27(31-26(22)36)30-24-8-9-25(33-32-24)35-14-11-19(12-15-35)34(2)3/h8-10,13,16-20H,4-7,11-12,14-15H2,1-3H3,(H,29,30,31,32)/t18-,20-. The Morgan fingerprint density at radius 1 is 0.917 bits per heavy atom. The van der Waals surface area contributed by atoms with Gasteiger partial charge in [-0.2, -0.15) is 4.98 Å². The molecule has 4 aromatic rings. The summed E-state index contributed by atoms with van der Waals surface area (Å²) in [6.07, 6.45) is 12.9. The molecule has 2 aliphatic rings. The smallest absolute Gasteiger partial charge is 0.230 e. The average molecular weight is 486 g/mol. The van der Waals surface area contributed by atoms with Crippen LogP contribution in [0.2, 0.25) is 0 Å². The zero-order valence-corrected chi connectivity index (χ0v) is 21.4. The van der Waals surface area contributed by atoms with Crippen molar-refractivity contribution in [3.63, 3.8) is 0 Å². The molecule has 1 aliphatic carbocycles. The molecule has 4 aromatic heterocycles. The lowest BCUT2D eigenvalue weighted by atomic mass is 9.87. The van der Waals surface area contributed by atoms with E-state index < -0.39 is 0 Å². The molecule has 2 fully saturated rings. The molecule has 0 radical (unpaired) electrons. The number of aromatic nitrogens is 6. The van der Waals surface area contributed by atoms with Crippen LogP contribution in [-0.4, -0.2) is 67.8 Å². The highest BCUT2D eigenvalue weighted by molar-refractivity contribution is 6.06. The molecule has 5 heterocycles. The third kappa shape index (κ3) is 4.36. The fourth-order valence-electron chi connectivity index (χ4n) is 5.88. The van der Waals surface area contributed by atoms with Crippen LogP contribution in [0.15, 0.2) is 36.8 Å². The molecule has 188 valence electrons. The van der Waals surface area contributed by atoms with Gasteiger partial charge in [0.15, 0.2) is 11.6 Å². The monoisotopic (exact) mass is 485 g/mol. The molecule has 0 bridgehead atoms. The molecule has 0 atom stereocenters. The molecule has 0 unspecified atom stereocenters. The van der Waals surface area contributed by atoms with E-state index in [2.05, 4.69) is 66.9 Å². The second-order valence-electron chi connectivity index (χ2n) is 10.7. The van der Waals surface area contributed by atoms with Crippen LogP contribution in [0.4, 0.5) is 17.6 Å². The van der Waals surface area contributed by atoms with E-state index in [-0.39, 0.29) is 0 Å². The number of nitrogens with zero attached hydrogens (tertiary/aromatic N) is 8. The van der Waals surface area contributed by atoms with E-state index in [1.165, 1.54) is 25.7 Å². The van der Waals surface area contributed by atoms with Gasteiger partial charge in [0.25, 0.3) is 0 Å². The molecular formula is C27H35N9. The molecule has 1 saturated carbocycles. The second-order valence-corrected chi connectivity index (χ2v) is 10.7. The minimum absolute atomic E-state index is 0.434. The number of fused-ring (bicyclic) bond motifs is 3. The Morgan fingerprint density at radius 2 is 1.72 bits per heavy atom. The Kier molecular flexibility index (Phi) is 6.17. The van der Waals surface area contributed by atoms with Crippen molar-refractivity contribution in [1.82, 2.24) is 34.6 Å². The van der Waals surface area contributed by atoms with Crippen LogP contribution in [0.25, 0.3) is 21.9 Å². The lowest BCUT2D eigenvalue weighted by molar-refractivity contribution is 0.249. The summed E-state index contributed by atoms with van der Waals surface area (Å²) in [6.45, 7) is 4.36. The molecule has 0 spiro atoms. The molecule has 6 rings (SSSR count). The molecule has 1 saturated heterocycles. The molecule has 36 heavy (non-hydrogen) atoms. The van der Waals surface area contributed by atoms with Crippen molar-refractivity contribution < 1.29 is 0 Å². The van der Waals surface area contributed by atoms with Gasteiger partial charge in [-0.25, -0.2) is 4.98 Å². The van der Waals surface area contributed by atoms with Crippen molar-refractivity contribution in [3.8, 4) is 0 Å². The second kappa shape index (κ2) is 9.61. The van der Waals surface area contributed by atoms with Gasteiger partial charge in [-0.05, 0) is 76.7 Å². The summed E-state index contributed by atoms with van der Waals surface area (Å²) in [5.74, 6) is 2.91. The van der Waals surface area contributed by atoms with E-state index in [1.54, 1.807) is 0 Å². The predicted molar refractivity (Wildman–Crippen MR) is 144 cm³/mol. The number of hydrogen-bond acceptors (Lipinski definition) is 8. The summed E-state index contributed by atoms with van der Waals surface area (Å²) in [5.41, 5.74) is 2.10. The van der Waals surface area contributed by atoms with Crippen LogP contribution in [0, 0.1) is 5.92 Å². The topological polar surface area (TPSA) is 87.9 Å². The third-order valence-electron chi connectivity index (χ3n) is 8.11. The first-order chi connectivity index (χ1) is 17.6. The van der Waals surface area contributed by atoms with Crippen LogP contribution in [-0.2, 0) is 0 Å². The van der Waals surface area contributed by atoms with Gasteiger partial charge < -0.3 is 19.7 Å². The van der Waals surface area contributed by atoms with Crippen LogP contribution >= 0.6 is 0 Å². The molecule has 9 nitrogen and oxygen atoms in total. The Balaban J connectivity index is 1.25. The van der Waals surface area contributed by atoms with E-state index in [0.29, 0.717) is 23.8 Å². The van der Waals surface area contributed by atoms with E-state index in [0.717, 1.165) is 59.6 Å². The minimum Gasteiger partial charge on any atom is -0.355 e. The summed E-state index contributed by atoms with van der Waals surface area (Å²) in [7, 11) is 4.32. The maximum Gasteiger partial charge on any atom is 0.230 e. The Hall–Kier alpha value is -3.33. The Morgan fingerprint density at radius 3 is 2.44 bits per heavy atom. The zero-order chi connectivity index (χ0) is 24.6. The van der Waals surface area contributed by atoms with E-state index in [9.17, 15) is 0 Å². The lowest BCUT2D eigenvalue weighted by Crippen LogP contribution is -2.42. The minimum atomic E-state index is 0.434. The summed E-state index contributed by atoms with van der Waals surface area (Å²) < 4.78 is 2.39. The van der Waals surface area contributed by atoms with Gasteiger partial charge in [-0.3, -0.25) is 4.98 Å². The van der Waals surface area contributed by atoms with Gasteiger partial charge in [0.05, 0.1) is 11.7 Å². The molecule has 0 aromatic carbocycles. The molecule has 0 amide bonds. The first kappa shape index (κ1) is 23.1. The van der Waals surface area contributed by atoms with Gasteiger partial charge in [0.1, 0.15) is 5.65 Å². The van der Waals surface area contributed by atoms with Crippen molar-refractivity contribution in [2.24, 2.45) is 5.92 Å². The highest BCUT2D eigenvalue weighted by Crippen LogP contribution is 2.38. The number of hydrogen-bond donors (Lipinski definition) is 1. The fraction of sp³-hybridized carbons (Fsp3) is 0.519. The molecule has 1 N–H and O–H groups in total. The largest absolute Gasteiger partial charge is 0.355 e. The van der Waals surface area contributed by atoms with Crippen molar-refractivity contribution in [2.45, 2.75) is 57.5 Å². The highest BCUT2D eigenvalue weighted by Gasteiger charge is 2.25. The van der Waals surface area contributed by atoms with Gasteiger partial charge in [0, 0.05) is 48.3 Å². The number of anilines is 3. The molecular weight excluding hydrogens is 450 g/mol. The van der Waals surface area contributed by atoms with E-state index in [4.69, 9.17) is 4.98 Å². The number of nitrogens with one attached hydrogen (secondary N) is 1. The van der Waals surface area contributed by atoms with Gasteiger partial charge in [-0.1, -0.05) is 6.92 Å². The fourth-order valence-corrected chi connectivity index (χ4v) is 5.88. The first-order valence-corrected chi connectivity index (χ1v) is 13.2. The Bertz CT molecular complexity index is 1330. The van der Waals surface area contributed by atoms with Crippen LogP contribution in [0.1, 0.15) is 51.5 Å². The quantitative estimate of drug-likeness (QED) is 0.432. The summed E-state index contributed by atoms with van der Waals surface area (Å²) >= 11 is 0. The average Bonchev–Trinajstić information content (AvgIpc) is 3.23. The Labute approximate surface area is 212 Å². The summed E-state index contributed by atoms with van der Waals surface area (Å²) in [6, 6.07) is 7.15. The maximum absolute atomic E-state index is 4.97. The zero-order valence-electron chi connectivity index (χ0n) is 21.4. The first-order valence-electron chi connectivity index (χ1n) is 13.2. The number of rotatable bonds is 5. The van der Waals surface area contributed by atoms with Crippen molar-refractivity contribution in [2.75, 3.05) is 37.4 Å². The SMILES string of the molecule is CN(C)C1CCN(c2ccc(Nc3ncc4c5ccncc5n([C@H]5CC[C@H](C)CC5)c4n3)nn2)CC1. The molecule has 1 aliphatic heterocycles. The van der Waals surface area contributed by atoms with E-state index in [1.807, 2.05) is 30.7 Å². The third-order valence-corrected chi connectivity index (χ3v) is 8.11. The maximum atomic E-state index is 4.97. The lowest BCUT2D eigenvalue weighted by Gasteiger charge is -2.35. The van der Waals surface area contributed by atoms with Gasteiger partial charge in [-0.15, -0.1) is 10.2 Å². The normalized spacial score (nSPS) is 21.5. The van der Waals surface area contributed by atoms with Gasteiger partial charge >= 0.3 is 0 Å². The van der Waals surface area contributed by atoms with Crippen LogP contribution < -0.4 is 10.2 Å². The molecule has 9 heteroatoms. The predicted octanol–water partition coefficient (Wildman–Crippen LogP) is 4.79. The van der Waals surface area contributed by atoms with Crippen molar-refractivity contribution in [3.05, 3.63) is 36.8 Å². The number of piperidine rings is 1. The van der Waals surface area contributed by atoms with Gasteiger partial charge in [0.2, 0.25) is 5.95 Å². The summed E-state index contributed by atoms with van der Waals surface area (Å²) in [5, 5.41) is 14.4. The van der Waals surface area contributed by atoms with Crippen molar-refractivity contribution in [1.29, 1.82) is 0 Å². The van der Waals surface area contributed by atoms with Crippen molar-refractivity contribution >= 4 is 39.5 Å². The van der Waals surface area contributed by atoms with E-state index >= 15 is 0 Å². The number of pyridine rings is 1. The highest BCUT2D eigenvalue weighted by atomic mass is 15.3. The van der Waals surface area contributed by atoms with Crippen LogP contribution in [0.5, 0.6) is 0 Å². The van der Waals surface area contributed by atoms with Crippen LogP contribution in [0.3, 0.4) is 0 Å².